The molecule has 0 aliphatic heterocycles. The summed E-state index contributed by atoms with van der Waals surface area (Å²) in [5.41, 5.74) is 4.90. The zero-order valence-electron chi connectivity index (χ0n) is 11.9. The Morgan fingerprint density at radius 2 is 1.52 bits per heavy atom. The first-order chi connectivity index (χ1) is 10.4. The van der Waals surface area contributed by atoms with Gasteiger partial charge in [0.05, 0.1) is 0 Å². The van der Waals surface area contributed by atoms with Gasteiger partial charge in [0.2, 0.25) is 0 Å². The monoisotopic (exact) mass is 274 g/mol. The highest BCUT2D eigenvalue weighted by Gasteiger charge is 1.97. The van der Waals surface area contributed by atoms with Crippen LogP contribution in [0.15, 0.2) is 79.1 Å². The van der Waals surface area contributed by atoms with Crippen LogP contribution in [0.3, 0.4) is 0 Å². The lowest BCUT2D eigenvalue weighted by Crippen LogP contribution is -2.04. The van der Waals surface area contributed by atoms with Crippen LogP contribution in [0.1, 0.15) is 5.56 Å². The van der Waals surface area contributed by atoms with E-state index < -0.39 is 0 Å². The first kappa shape index (κ1) is 13.4. The second-order valence-electron chi connectivity index (χ2n) is 4.98. The van der Waals surface area contributed by atoms with E-state index in [9.17, 15) is 0 Å². The molecular weight excluding hydrogens is 256 g/mol. The van der Waals surface area contributed by atoms with Crippen molar-refractivity contribution in [3.8, 4) is 11.1 Å². The minimum Gasteiger partial charge on any atom is -0.385 e. The van der Waals surface area contributed by atoms with Gasteiger partial charge in [0.15, 0.2) is 0 Å². The van der Waals surface area contributed by atoms with Gasteiger partial charge in [0.25, 0.3) is 0 Å². The Bertz CT molecular complexity index is 661. The zero-order chi connectivity index (χ0) is 14.3. The largest absolute Gasteiger partial charge is 0.385 e. The van der Waals surface area contributed by atoms with Crippen LogP contribution in [0.25, 0.3) is 11.1 Å². The molecule has 1 N–H and O–H groups in total. The van der Waals surface area contributed by atoms with Gasteiger partial charge in [-0.15, -0.1) is 0 Å². The van der Waals surface area contributed by atoms with Crippen LogP contribution < -0.4 is 5.32 Å². The molecule has 21 heavy (non-hydrogen) atoms. The average molecular weight is 274 g/mol. The number of benzene rings is 2. The SMILES string of the molecule is c1ccc(-c2ccc(NCCc3cccnc3)cc2)cc1. The Balaban J connectivity index is 1.58. The van der Waals surface area contributed by atoms with Crippen molar-refractivity contribution in [1.82, 2.24) is 4.98 Å². The van der Waals surface area contributed by atoms with E-state index in [1.807, 2.05) is 18.3 Å². The lowest BCUT2D eigenvalue weighted by atomic mass is 10.1. The number of hydrogen-bond donors (Lipinski definition) is 1. The molecule has 0 bridgehead atoms. The first-order valence-corrected chi connectivity index (χ1v) is 7.20. The van der Waals surface area contributed by atoms with Crippen LogP contribution in [-0.4, -0.2) is 11.5 Å². The fraction of sp³-hybridized carbons (Fsp3) is 0.105. The maximum atomic E-state index is 4.13. The van der Waals surface area contributed by atoms with Crippen LogP contribution in [-0.2, 0) is 6.42 Å². The minimum atomic E-state index is 0.913. The number of rotatable bonds is 5. The molecule has 3 aromatic rings. The van der Waals surface area contributed by atoms with Crippen LogP contribution in [0, 0.1) is 0 Å². The zero-order valence-corrected chi connectivity index (χ0v) is 11.9. The standard InChI is InChI=1S/C19H18N2/c1-2-6-17(7-3-1)18-8-10-19(11-9-18)21-14-12-16-5-4-13-20-15-16/h1-11,13,15,21H,12,14H2. The highest BCUT2D eigenvalue weighted by molar-refractivity contribution is 5.65. The summed E-state index contributed by atoms with van der Waals surface area (Å²) in [7, 11) is 0. The van der Waals surface area contributed by atoms with Gasteiger partial charge in [0, 0.05) is 24.6 Å². The van der Waals surface area contributed by atoms with E-state index in [0.29, 0.717) is 0 Å². The summed E-state index contributed by atoms with van der Waals surface area (Å²) in [5, 5.41) is 3.44. The van der Waals surface area contributed by atoms with E-state index in [1.165, 1.54) is 16.7 Å². The van der Waals surface area contributed by atoms with Gasteiger partial charge in [-0.3, -0.25) is 4.98 Å². The lowest BCUT2D eigenvalue weighted by molar-refractivity contribution is 1.01. The Morgan fingerprint density at radius 1 is 0.762 bits per heavy atom. The topological polar surface area (TPSA) is 24.9 Å². The number of hydrogen-bond acceptors (Lipinski definition) is 2. The van der Waals surface area contributed by atoms with Gasteiger partial charge in [-0.25, -0.2) is 0 Å². The summed E-state index contributed by atoms with van der Waals surface area (Å²) >= 11 is 0. The van der Waals surface area contributed by atoms with Crippen molar-refractivity contribution in [2.24, 2.45) is 0 Å². The summed E-state index contributed by atoms with van der Waals surface area (Å²) in [6.45, 7) is 0.913. The Kier molecular flexibility index (Phi) is 4.27. The van der Waals surface area contributed by atoms with E-state index in [4.69, 9.17) is 0 Å². The normalized spacial score (nSPS) is 10.3. The van der Waals surface area contributed by atoms with Gasteiger partial charge in [-0.2, -0.15) is 0 Å². The van der Waals surface area contributed by atoms with Gasteiger partial charge < -0.3 is 5.32 Å². The Labute approximate surface area is 125 Å². The molecule has 1 heterocycles. The third-order valence-electron chi connectivity index (χ3n) is 3.46. The molecule has 0 unspecified atom stereocenters. The summed E-state index contributed by atoms with van der Waals surface area (Å²) in [6.07, 6.45) is 4.70. The third kappa shape index (κ3) is 3.69. The van der Waals surface area contributed by atoms with Crippen LogP contribution >= 0.6 is 0 Å². The maximum absolute atomic E-state index is 4.13. The Hall–Kier alpha value is -2.61. The number of pyridine rings is 1. The maximum Gasteiger partial charge on any atom is 0.0340 e. The number of aromatic nitrogens is 1. The first-order valence-electron chi connectivity index (χ1n) is 7.20. The van der Waals surface area contributed by atoms with Gasteiger partial charge in [-0.05, 0) is 41.3 Å². The average Bonchev–Trinajstić information content (AvgIpc) is 2.57. The van der Waals surface area contributed by atoms with Crippen molar-refractivity contribution in [1.29, 1.82) is 0 Å². The Morgan fingerprint density at radius 3 is 2.24 bits per heavy atom. The molecule has 0 saturated heterocycles. The molecule has 2 nitrogen and oxygen atoms in total. The van der Waals surface area contributed by atoms with E-state index in [1.54, 1.807) is 6.20 Å². The molecular formula is C19H18N2. The molecule has 0 amide bonds. The molecule has 0 saturated carbocycles. The van der Waals surface area contributed by atoms with E-state index >= 15 is 0 Å². The molecule has 0 spiro atoms. The van der Waals surface area contributed by atoms with Crippen molar-refractivity contribution in [2.75, 3.05) is 11.9 Å². The number of nitrogens with one attached hydrogen (secondary N) is 1. The predicted octanol–water partition coefficient (Wildman–Crippen LogP) is 4.40. The van der Waals surface area contributed by atoms with Crippen molar-refractivity contribution >= 4 is 5.69 Å². The molecule has 0 atom stereocenters. The highest BCUT2D eigenvalue weighted by atomic mass is 14.9. The molecule has 1 aromatic heterocycles. The molecule has 2 aromatic carbocycles. The van der Waals surface area contributed by atoms with Crippen LogP contribution in [0.5, 0.6) is 0 Å². The van der Waals surface area contributed by atoms with E-state index in [0.717, 1.165) is 18.7 Å². The van der Waals surface area contributed by atoms with Gasteiger partial charge in [0.1, 0.15) is 0 Å². The van der Waals surface area contributed by atoms with E-state index in [2.05, 4.69) is 64.9 Å². The molecule has 0 aliphatic rings. The smallest absolute Gasteiger partial charge is 0.0340 e. The van der Waals surface area contributed by atoms with E-state index in [-0.39, 0.29) is 0 Å². The molecule has 2 heteroatoms. The summed E-state index contributed by atoms with van der Waals surface area (Å²) in [6, 6.07) is 23.1. The molecule has 104 valence electrons. The lowest BCUT2D eigenvalue weighted by Gasteiger charge is -2.08. The number of anilines is 1. The van der Waals surface area contributed by atoms with Gasteiger partial charge >= 0.3 is 0 Å². The molecule has 0 aliphatic carbocycles. The molecule has 0 radical (unpaired) electrons. The van der Waals surface area contributed by atoms with Gasteiger partial charge in [-0.1, -0.05) is 48.5 Å². The van der Waals surface area contributed by atoms with Crippen molar-refractivity contribution in [2.45, 2.75) is 6.42 Å². The summed E-state index contributed by atoms with van der Waals surface area (Å²) in [5.74, 6) is 0. The quantitative estimate of drug-likeness (QED) is 0.745. The fourth-order valence-electron chi connectivity index (χ4n) is 2.31. The molecule has 3 rings (SSSR count). The van der Waals surface area contributed by atoms with Crippen molar-refractivity contribution < 1.29 is 0 Å². The summed E-state index contributed by atoms with van der Waals surface area (Å²) < 4.78 is 0. The second-order valence-corrected chi connectivity index (χ2v) is 4.98. The number of nitrogens with zero attached hydrogens (tertiary/aromatic N) is 1. The third-order valence-corrected chi connectivity index (χ3v) is 3.46. The van der Waals surface area contributed by atoms with Crippen molar-refractivity contribution in [3.05, 3.63) is 84.7 Å². The predicted molar refractivity (Wildman–Crippen MR) is 88.3 cm³/mol. The molecule has 0 fully saturated rings. The fourth-order valence-corrected chi connectivity index (χ4v) is 2.31. The van der Waals surface area contributed by atoms with Crippen molar-refractivity contribution in [3.63, 3.8) is 0 Å². The highest BCUT2D eigenvalue weighted by Crippen LogP contribution is 2.20. The summed E-state index contributed by atoms with van der Waals surface area (Å²) in [4.78, 5) is 4.13. The van der Waals surface area contributed by atoms with Crippen LogP contribution in [0.2, 0.25) is 0 Å². The minimum absolute atomic E-state index is 0.913. The second kappa shape index (κ2) is 6.71. The van der Waals surface area contributed by atoms with Crippen LogP contribution in [0.4, 0.5) is 5.69 Å².